The van der Waals surface area contributed by atoms with Gasteiger partial charge in [0.25, 0.3) is 0 Å². The summed E-state index contributed by atoms with van der Waals surface area (Å²) in [5.41, 5.74) is 3.26. The molecule has 0 aromatic heterocycles. The maximum absolute atomic E-state index is 12.5. The number of nitrogens with zero attached hydrogens (tertiary/aromatic N) is 1. The summed E-state index contributed by atoms with van der Waals surface area (Å²) in [4.78, 5) is 14.8. The van der Waals surface area contributed by atoms with Crippen molar-refractivity contribution in [3.63, 3.8) is 0 Å². The van der Waals surface area contributed by atoms with Crippen LogP contribution < -0.4 is 10.2 Å². The number of carbonyl (C=O) groups is 1. The molecule has 1 amide bonds. The van der Waals surface area contributed by atoms with Gasteiger partial charge in [-0.05, 0) is 70.2 Å². The number of hydrogen-bond donors (Lipinski definition) is 1. The first-order valence-corrected chi connectivity index (χ1v) is 8.78. The van der Waals surface area contributed by atoms with Crippen LogP contribution in [0.3, 0.4) is 0 Å². The van der Waals surface area contributed by atoms with Crippen molar-refractivity contribution in [3.8, 4) is 0 Å². The standard InChI is InChI=1S/C19H30N2O2/c1-5-21(6-2)16-9-12-18(14(3)13-16)20-19(22)15-7-10-17(23-4)11-8-15/h9,12-13,15,17H,5-8,10-11H2,1-4H3,(H,20,22). The number of nitrogens with one attached hydrogen (secondary N) is 1. The van der Waals surface area contributed by atoms with Crippen molar-refractivity contribution >= 4 is 17.3 Å². The van der Waals surface area contributed by atoms with Crippen LogP contribution in [0.5, 0.6) is 0 Å². The first-order chi connectivity index (χ1) is 11.1. The molecule has 0 spiro atoms. The van der Waals surface area contributed by atoms with Crippen LogP contribution in [0.25, 0.3) is 0 Å². The van der Waals surface area contributed by atoms with Crippen molar-refractivity contribution in [1.29, 1.82) is 0 Å². The quantitative estimate of drug-likeness (QED) is 0.862. The molecular formula is C19H30N2O2. The zero-order chi connectivity index (χ0) is 16.8. The Morgan fingerprint density at radius 1 is 1.22 bits per heavy atom. The largest absolute Gasteiger partial charge is 0.381 e. The van der Waals surface area contributed by atoms with Gasteiger partial charge in [0.05, 0.1) is 6.10 Å². The normalized spacial score (nSPS) is 21.0. The van der Waals surface area contributed by atoms with Crippen LogP contribution in [0.2, 0.25) is 0 Å². The highest BCUT2D eigenvalue weighted by atomic mass is 16.5. The third-order valence-corrected chi connectivity index (χ3v) is 4.97. The Morgan fingerprint density at radius 2 is 1.87 bits per heavy atom. The molecule has 23 heavy (non-hydrogen) atoms. The molecule has 4 nitrogen and oxygen atoms in total. The van der Waals surface area contributed by atoms with Crippen molar-refractivity contribution in [2.24, 2.45) is 5.92 Å². The van der Waals surface area contributed by atoms with Gasteiger partial charge >= 0.3 is 0 Å². The molecule has 1 N–H and O–H groups in total. The number of aryl methyl sites for hydroxylation is 1. The lowest BCUT2D eigenvalue weighted by atomic mass is 9.86. The van der Waals surface area contributed by atoms with E-state index < -0.39 is 0 Å². The minimum absolute atomic E-state index is 0.114. The molecule has 0 saturated heterocycles. The summed E-state index contributed by atoms with van der Waals surface area (Å²) in [7, 11) is 1.76. The summed E-state index contributed by atoms with van der Waals surface area (Å²) in [6, 6.07) is 6.28. The number of anilines is 2. The predicted molar refractivity (Wildman–Crippen MR) is 96.1 cm³/mol. The van der Waals surface area contributed by atoms with Crippen LogP contribution in [-0.4, -0.2) is 32.2 Å². The first kappa shape index (κ1) is 17.8. The summed E-state index contributed by atoms with van der Waals surface area (Å²) in [5.74, 6) is 0.265. The summed E-state index contributed by atoms with van der Waals surface area (Å²) in [6.45, 7) is 8.36. The SMILES string of the molecule is CCN(CC)c1ccc(NC(=O)C2CCC(OC)CC2)c(C)c1. The van der Waals surface area contributed by atoms with Gasteiger partial charge in [-0.2, -0.15) is 0 Å². The van der Waals surface area contributed by atoms with E-state index in [-0.39, 0.29) is 11.8 Å². The predicted octanol–water partition coefficient (Wildman–Crippen LogP) is 3.98. The van der Waals surface area contributed by atoms with Crippen molar-refractivity contribution in [3.05, 3.63) is 23.8 Å². The Kier molecular flexibility index (Phi) is 6.46. The maximum Gasteiger partial charge on any atom is 0.227 e. The average molecular weight is 318 g/mol. The molecule has 0 bridgehead atoms. The molecule has 0 unspecified atom stereocenters. The van der Waals surface area contributed by atoms with E-state index in [1.165, 1.54) is 5.69 Å². The minimum atomic E-state index is 0.114. The molecule has 0 atom stereocenters. The van der Waals surface area contributed by atoms with Crippen LogP contribution in [-0.2, 0) is 9.53 Å². The lowest BCUT2D eigenvalue weighted by Crippen LogP contribution is -2.29. The van der Waals surface area contributed by atoms with E-state index >= 15 is 0 Å². The number of methoxy groups -OCH3 is 1. The summed E-state index contributed by atoms with van der Waals surface area (Å²) in [5, 5.41) is 3.12. The lowest BCUT2D eigenvalue weighted by Gasteiger charge is -2.27. The highest BCUT2D eigenvalue weighted by Gasteiger charge is 2.26. The molecule has 0 heterocycles. The Balaban J connectivity index is 1.98. The van der Waals surface area contributed by atoms with E-state index in [2.05, 4.69) is 43.1 Å². The minimum Gasteiger partial charge on any atom is -0.381 e. The van der Waals surface area contributed by atoms with Gasteiger partial charge in [0, 0.05) is 37.5 Å². The molecule has 2 rings (SSSR count). The Labute approximate surface area is 140 Å². The highest BCUT2D eigenvalue weighted by Crippen LogP contribution is 2.28. The van der Waals surface area contributed by atoms with E-state index in [1.807, 2.05) is 6.07 Å². The number of amides is 1. The summed E-state index contributed by atoms with van der Waals surface area (Å²) < 4.78 is 5.38. The molecule has 4 heteroatoms. The molecule has 1 fully saturated rings. The Hall–Kier alpha value is -1.55. The average Bonchev–Trinajstić information content (AvgIpc) is 2.58. The first-order valence-electron chi connectivity index (χ1n) is 8.78. The van der Waals surface area contributed by atoms with Crippen LogP contribution in [0.4, 0.5) is 11.4 Å². The fourth-order valence-electron chi connectivity index (χ4n) is 3.37. The van der Waals surface area contributed by atoms with Gasteiger partial charge in [-0.15, -0.1) is 0 Å². The van der Waals surface area contributed by atoms with Crippen molar-refractivity contribution in [2.45, 2.75) is 52.6 Å². The van der Waals surface area contributed by atoms with E-state index in [1.54, 1.807) is 7.11 Å². The van der Waals surface area contributed by atoms with Gasteiger partial charge in [-0.1, -0.05) is 0 Å². The van der Waals surface area contributed by atoms with Crippen molar-refractivity contribution in [2.75, 3.05) is 30.4 Å². The third kappa shape index (κ3) is 4.47. The second-order valence-corrected chi connectivity index (χ2v) is 6.37. The van der Waals surface area contributed by atoms with E-state index in [0.717, 1.165) is 50.0 Å². The third-order valence-electron chi connectivity index (χ3n) is 4.97. The fourth-order valence-corrected chi connectivity index (χ4v) is 3.37. The monoisotopic (exact) mass is 318 g/mol. The molecule has 1 aliphatic rings. The molecular weight excluding hydrogens is 288 g/mol. The molecule has 1 aromatic carbocycles. The molecule has 1 aromatic rings. The van der Waals surface area contributed by atoms with Gasteiger partial charge in [-0.25, -0.2) is 0 Å². The van der Waals surface area contributed by atoms with Gasteiger partial charge in [0.15, 0.2) is 0 Å². The topological polar surface area (TPSA) is 41.6 Å². The number of rotatable bonds is 6. The van der Waals surface area contributed by atoms with Crippen molar-refractivity contribution < 1.29 is 9.53 Å². The van der Waals surface area contributed by atoms with Gasteiger partial charge in [-0.3, -0.25) is 4.79 Å². The second-order valence-electron chi connectivity index (χ2n) is 6.37. The number of ether oxygens (including phenoxy) is 1. The molecule has 128 valence electrons. The second kappa shape index (κ2) is 8.34. The number of carbonyl (C=O) groups excluding carboxylic acids is 1. The van der Waals surface area contributed by atoms with Crippen LogP contribution in [0, 0.1) is 12.8 Å². The van der Waals surface area contributed by atoms with Gasteiger partial charge in [0.1, 0.15) is 0 Å². The van der Waals surface area contributed by atoms with E-state index in [9.17, 15) is 4.79 Å². The van der Waals surface area contributed by atoms with E-state index in [0.29, 0.717) is 6.10 Å². The van der Waals surface area contributed by atoms with Gasteiger partial charge < -0.3 is 15.0 Å². The maximum atomic E-state index is 12.5. The number of benzene rings is 1. The lowest BCUT2D eigenvalue weighted by molar-refractivity contribution is -0.121. The summed E-state index contributed by atoms with van der Waals surface area (Å²) >= 11 is 0. The zero-order valence-electron chi connectivity index (χ0n) is 14.9. The van der Waals surface area contributed by atoms with Gasteiger partial charge in [0.2, 0.25) is 5.91 Å². The molecule has 0 radical (unpaired) electrons. The molecule has 0 aliphatic heterocycles. The smallest absolute Gasteiger partial charge is 0.227 e. The van der Waals surface area contributed by atoms with E-state index in [4.69, 9.17) is 4.74 Å². The van der Waals surface area contributed by atoms with Crippen LogP contribution >= 0.6 is 0 Å². The zero-order valence-corrected chi connectivity index (χ0v) is 14.9. The molecule has 1 aliphatic carbocycles. The highest BCUT2D eigenvalue weighted by molar-refractivity contribution is 5.93. The Morgan fingerprint density at radius 3 is 2.39 bits per heavy atom. The fraction of sp³-hybridized carbons (Fsp3) is 0.632. The number of hydrogen-bond acceptors (Lipinski definition) is 3. The molecule has 1 saturated carbocycles. The van der Waals surface area contributed by atoms with Crippen LogP contribution in [0.15, 0.2) is 18.2 Å². The summed E-state index contributed by atoms with van der Waals surface area (Å²) in [6.07, 6.45) is 4.12. The van der Waals surface area contributed by atoms with Crippen molar-refractivity contribution in [1.82, 2.24) is 0 Å². The Bertz CT molecular complexity index is 518. The van der Waals surface area contributed by atoms with Crippen LogP contribution in [0.1, 0.15) is 45.1 Å².